The number of benzene rings is 3. The largest absolute Gasteiger partial charge is 0.508 e. The number of sulfone groups is 1. The van der Waals surface area contributed by atoms with Gasteiger partial charge in [-0.1, -0.05) is 112 Å². The first-order valence-electron chi connectivity index (χ1n) is 15.4. The molecule has 0 bridgehead atoms. The predicted octanol–water partition coefficient (Wildman–Crippen LogP) is 5.52. The molecule has 3 aromatic carbocycles. The molecule has 2 N–H and O–H groups in total. The van der Waals surface area contributed by atoms with E-state index in [1.54, 1.807) is 12.1 Å². The average Bonchev–Trinajstić information content (AvgIpc) is 3.25. The average molecular weight is 631 g/mol. The summed E-state index contributed by atoms with van der Waals surface area (Å²) in [6.07, 6.45) is 3.58. The van der Waals surface area contributed by atoms with E-state index in [2.05, 4.69) is 58.0 Å². The quantitative estimate of drug-likeness (QED) is 0.227. The van der Waals surface area contributed by atoms with Crippen LogP contribution in [0.2, 0.25) is 11.4 Å². The maximum atomic E-state index is 13.5. The van der Waals surface area contributed by atoms with Gasteiger partial charge in [-0.3, -0.25) is 0 Å². The van der Waals surface area contributed by atoms with Gasteiger partial charge in [-0.05, 0) is 63.5 Å². The van der Waals surface area contributed by atoms with Crippen molar-refractivity contribution >= 4 is 41.7 Å². The zero-order valence-electron chi connectivity index (χ0n) is 26.1. The first-order valence-corrected chi connectivity index (χ1v) is 19.1. The van der Waals surface area contributed by atoms with E-state index in [0.717, 1.165) is 39.1 Å². The molecule has 0 aromatic heterocycles. The molecule has 232 valence electrons. The molecule has 0 unspecified atom stereocenters. The Morgan fingerprint density at radius 3 is 2.23 bits per heavy atom. The smallest absolute Gasteiger partial charge is 0.456 e. The highest BCUT2D eigenvalue weighted by molar-refractivity contribution is 7.92. The number of aromatic hydroxyl groups is 1. The van der Waals surface area contributed by atoms with E-state index in [1.807, 2.05) is 48.5 Å². The van der Waals surface area contributed by atoms with Crippen LogP contribution in [0.25, 0.3) is 6.08 Å². The number of rotatable bonds is 10. The Hall–Kier alpha value is -2.95. The molecule has 6 nitrogen and oxygen atoms in total. The first-order chi connectivity index (χ1) is 20.9. The molecule has 1 fully saturated rings. The maximum Gasteiger partial charge on any atom is 0.456 e. The van der Waals surface area contributed by atoms with Gasteiger partial charge in [0.25, 0.3) is 8.32 Å². The summed E-state index contributed by atoms with van der Waals surface area (Å²) in [4.78, 5) is 0. The summed E-state index contributed by atoms with van der Waals surface area (Å²) in [6.45, 7) is 8.89. The van der Waals surface area contributed by atoms with Gasteiger partial charge in [-0.25, -0.2) is 8.42 Å². The van der Waals surface area contributed by atoms with Crippen LogP contribution in [0.15, 0.2) is 102 Å². The van der Waals surface area contributed by atoms with Gasteiger partial charge in [0.15, 0.2) is 9.84 Å². The second-order valence-electron chi connectivity index (χ2n) is 12.9. The molecule has 0 spiro atoms. The number of phenols is 1. The van der Waals surface area contributed by atoms with E-state index in [1.165, 1.54) is 0 Å². The molecule has 3 aromatic rings. The fourth-order valence-electron chi connectivity index (χ4n) is 6.88. The van der Waals surface area contributed by atoms with Gasteiger partial charge in [0.2, 0.25) is 0 Å². The van der Waals surface area contributed by atoms with E-state index in [4.69, 9.17) is 9.08 Å². The highest BCUT2D eigenvalue weighted by Gasteiger charge is 2.52. The summed E-state index contributed by atoms with van der Waals surface area (Å²) >= 11 is 0. The minimum absolute atomic E-state index is 0.0383. The Morgan fingerprint density at radius 1 is 1.02 bits per heavy atom. The van der Waals surface area contributed by atoms with Crippen LogP contribution in [-0.4, -0.2) is 57.7 Å². The Kier molecular flexibility index (Phi) is 9.73. The van der Waals surface area contributed by atoms with Crippen LogP contribution in [-0.2, 0) is 18.9 Å². The summed E-state index contributed by atoms with van der Waals surface area (Å²) in [7, 11) is -7.55. The molecule has 0 amide bonds. The van der Waals surface area contributed by atoms with Crippen molar-refractivity contribution in [1.29, 1.82) is 0 Å². The molecule has 2 aliphatic heterocycles. The minimum Gasteiger partial charge on any atom is -0.508 e. The van der Waals surface area contributed by atoms with Gasteiger partial charge in [-0.2, -0.15) is 0 Å². The lowest BCUT2D eigenvalue weighted by molar-refractivity contribution is 0.168. The van der Waals surface area contributed by atoms with Crippen LogP contribution < -0.4 is 10.4 Å². The number of fused-ring (bicyclic) bond motifs is 1. The van der Waals surface area contributed by atoms with Crippen LogP contribution in [0.3, 0.4) is 0 Å². The normalized spacial score (nSPS) is 20.6. The van der Waals surface area contributed by atoms with E-state index >= 15 is 0 Å². The van der Waals surface area contributed by atoms with Crippen molar-refractivity contribution < 1.29 is 27.6 Å². The van der Waals surface area contributed by atoms with Gasteiger partial charge >= 0.3 is 7.12 Å². The standard InChI is InChI=1S/C35H43BO6SSi/c1-5-26(21-27-13-12-14-29(37)22-27)19-20-32-34-28(25-43(39,40)33(34)23-36(38)42-32)24-41-44(35(2,3)4,30-15-8-6-9-16-30)31-17-10-7-11-18-31/h6-18,21-22,32-33,37-38H,5,19-20,23-25H2,1-4H3/b26-21+/t32-,33+/m1/s1. The number of hydrogen-bond donors (Lipinski definition) is 2. The molecule has 0 saturated carbocycles. The van der Waals surface area contributed by atoms with Crippen molar-refractivity contribution in [1.82, 2.24) is 0 Å². The molecule has 1 saturated heterocycles. The summed E-state index contributed by atoms with van der Waals surface area (Å²) in [6, 6.07) is 27.8. The minimum atomic E-state index is -3.51. The fraction of sp³-hybridized carbons (Fsp3) is 0.371. The van der Waals surface area contributed by atoms with Gasteiger partial charge < -0.3 is 19.2 Å². The highest BCUT2D eigenvalue weighted by atomic mass is 32.2. The molecule has 2 aliphatic rings. The Morgan fingerprint density at radius 2 is 1.66 bits per heavy atom. The lowest BCUT2D eigenvalue weighted by Crippen LogP contribution is -2.66. The number of hydrogen-bond acceptors (Lipinski definition) is 6. The summed E-state index contributed by atoms with van der Waals surface area (Å²) < 4.78 is 40.3. The number of phenolic OH excluding ortho intramolecular Hbond substituents is 1. The van der Waals surface area contributed by atoms with Crippen molar-refractivity contribution in [3.05, 3.63) is 107 Å². The van der Waals surface area contributed by atoms with Crippen molar-refractivity contribution in [3.63, 3.8) is 0 Å². The third-order valence-electron chi connectivity index (χ3n) is 8.95. The fourth-order valence-corrected chi connectivity index (χ4v) is 13.5. The van der Waals surface area contributed by atoms with Gasteiger partial charge in [-0.15, -0.1) is 0 Å². The van der Waals surface area contributed by atoms with Gasteiger partial charge in [0.1, 0.15) is 5.75 Å². The molecular formula is C35H43BO6SSi. The van der Waals surface area contributed by atoms with Crippen LogP contribution in [0, 0.1) is 0 Å². The van der Waals surface area contributed by atoms with E-state index in [9.17, 15) is 18.5 Å². The maximum absolute atomic E-state index is 13.5. The topological polar surface area (TPSA) is 93.1 Å². The second-order valence-corrected chi connectivity index (χ2v) is 19.4. The van der Waals surface area contributed by atoms with Crippen LogP contribution >= 0.6 is 0 Å². The van der Waals surface area contributed by atoms with Crippen LogP contribution in [0.1, 0.15) is 52.5 Å². The lowest BCUT2D eigenvalue weighted by Gasteiger charge is -2.43. The molecule has 0 aliphatic carbocycles. The predicted molar refractivity (Wildman–Crippen MR) is 181 cm³/mol. The Labute approximate surface area is 263 Å². The van der Waals surface area contributed by atoms with Crippen LogP contribution in [0.5, 0.6) is 5.75 Å². The summed E-state index contributed by atoms with van der Waals surface area (Å²) in [5.74, 6) is 0.125. The summed E-state index contributed by atoms with van der Waals surface area (Å²) in [5, 5.41) is 21.8. The van der Waals surface area contributed by atoms with Crippen molar-refractivity contribution in [2.24, 2.45) is 0 Å². The zero-order valence-corrected chi connectivity index (χ0v) is 27.9. The van der Waals surface area contributed by atoms with Crippen molar-refractivity contribution in [2.75, 3.05) is 12.4 Å². The first kappa shape index (κ1) is 32.4. The van der Waals surface area contributed by atoms with E-state index < -0.39 is 36.6 Å². The monoisotopic (exact) mass is 630 g/mol. The second kappa shape index (κ2) is 13.2. The molecule has 2 heterocycles. The third-order valence-corrected chi connectivity index (χ3v) is 16.0. The molecule has 2 atom stereocenters. The van der Waals surface area contributed by atoms with Crippen molar-refractivity contribution in [2.45, 2.75) is 69.7 Å². The lowest BCUT2D eigenvalue weighted by atomic mass is 9.74. The highest BCUT2D eigenvalue weighted by Crippen LogP contribution is 2.42. The molecule has 44 heavy (non-hydrogen) atoms. The van der Waals surface area contributed by atoms with Crippen molar-refractivity contribution in [3.8, 4) is 5.75 Å². The molecular weight excluding hydrogens is 587 g/mol. The van der Waals surface area contributed by atoms with Gasteiger partial charge in [0.05, 0.1) is 23.7 Å². The SMILES string of the molecule is CC/C(=C\c1cccc(O)c1)CC[C@H]1OB(O)C[C@H]2C1=C(CO[Si](c1ccccc1)(c1ccccc1)C(C)(C)C)CS2(=O)=O. The van der Waals surface area contributed by atoms with E-state index in [-0.39, 0.29) is 29.5 Å². The van der Waals surface area contributed by atoms with E-state index in [0.29, 0.717) is 12.8 Å². The number of allylic oxidation sites excluding steroid dienone is 1. The third kappa shape index (κ3) is 6.67. The molecule has 5 rings (SSSR count). The summed E-state index contributed by atoms with van der Waals surface area (Å²) in [5.41, 5.74) is 3.59. The Balaban J connectivity index is 1.50. The molecule has 0 radical (unpaired) electrons. The Bertz CT molecular complexity index is 1580. The van der Waals surface area contributed by atoms with Gasteiger partial charge in [0, 0.05) is 6.32 Å². The molecule has 9 heteroatoms. The van der Waals surface area contributed by atoms with Crippen LogP contribution in [0.4, 0.5) is 0 Å². The zero-order chi connectivity index (χ0) is 31.5.